The molecule has 2 aromatic rings. The van der Waals surface area contributed by atoms with E-state index < -0.39 is 0 Å². The van der Waals surface area contributed by atoms with Gasteiger partial charge in [0.2, 0.25) is 5.91 Å². The Morgan fingerprint density at radius 3 is 2.44 bits per heavy atom. The third-order valence-electron chi connectivity index (χ3n) is 4.41. The molecule has 25 heavy (non-hydrogen) atoms. The van der Waals surface area contributed by atoms with Crippen LogP contribution in [-0.4, -0.2) is 36.8 Å². The maximum absolute atomic E-state index is 12.5. The van der Waals surface area contributed by atoms with E-state index in [-0.39, 0.29) is 11.9 Å². The van der Waals surface area contributed by atoms with Gasteiger partial charge in [0.1, 0.15) is 6.73 Å². The van der Waals surface area contributed by atoms with Crippen molar-refractivity contribution in [1.29, 1.82) is 0 Å². The van der Waals surface area contributed by atoms with Gasteiger partial charge in [0, 0.05) is 13.0 Å². The fraction of sp³-hybridized carbons (Fsp3) is 0.381. The second-order valence-corrected chi connectivity index (χ2v) is 6.35. The first-order valence-corrected chi connectivity index (χ1v) is 8.86. The van der Waals surface area contributed by atoms with Crippen LogP contribution in [0.1, 0.15) is 24.0 Å². The summed E-state index contributed by atoms with van der Waals surface area (Å²) >= 11 is 0. The fourth-order valence-electron chi connectivity index (χ4n) is 3.05. The van der Waals surface area contributed by atoms with Gasteiger partial charge >= 0.3 is 0 Å². The average molecular weight is 339 g/mol. The van der Waals surface area contributed by atoms with Gasteiger partial charge in [-0.2, -0.15) is 0 Å². The molecule has 0 saturated carbocycles. The number of hydrogen-bond acceptors (Lipinski definition) is 3. The lowest BCUT2D eigenvalue weighted by molar-refractivity contribution is -0.133. The monoisotopic (exact) mass is 339 g/mol. The molecule has 0 aromatic heterocycles. The minimum Gasteiger partial charge on any atom is -0.377 e. The molecule has 1 aliphatic heterocycles. The molecular formula is C21H25NO3. The standard InChI is InChI=1S/C21H25NO3/c23-21(12-7-13-24-15-19-10-5-2-6-11-19)22-17-25-16-20(22)14-18-8-3-1-4-9-18/h1-6,8-11,20H,7,12-17H2/t20-/m0/s1. The van der Waals surface area contributed by atoms with Gasteiger partial charge in [-0.05, 0) is 24.0 Å². The smallest absolute Gasteiger partial charge is 0.224 e. The molecule has 0 N–H and O–H groups in total. The molecule has 1 aliphatic rings. The predicted molar refractivity (Wildman–Crippen MR) is 96.9 cm³/mol. The highest BCUT2D eigenvalue weighted by Crippen LogP contribution is 2.17. The highest BCUT2D eigenvalue weighted by Gasteiger charge is 2.29. The number of hydrogen-bond donors (Lipinski definition) is 0. The summed E-state index contributed by atoms with van der Waals surface area (Å²) in [6.45, 7) is 2.21. The quantitative estimate of drug-likeness (QED) is 0.692. The van der Waals surface area contributed by atoms with Crippen LogP contribution in [0.3, 0.4) is 0 Å². The molecule has 1 heterocycles. The Morgan fingerprint density at radius 1 is 1.04 bits per heavy atom. The van der Waals surface area contributed by atoms with Crippen molar-refractivity contribution < 1.29 is 14.3 Å². The summed E-state index contributed by atoms with van der Waals surface area (Å²) < 4.78 is 11.2. The van der Waals surface area contributed by atoms with Gasteiger partial charge in [0.05, 0.1) is 19.3 Å². The number of carbonyl (C=O) groups excluding carboxylic acids is 1. The normalized spacial score (nSPS) is 17.0. The lowest BCUT2D eigenvalue weighted by atomic mass is 10.1. The van der Waals surface area contributed by atoms with Crippen molar-refractivity contribution in [3.8, 4) is 0 Å². The van der Waals surface area contributed by atoms with E-state index in [1.807, 2.05) is 53.4 Å². The maximum Gasteiger partial charge on any atom is 0.224 e. The Hall–Kier alpha value is -2.17. The summed E-state index contributed by atoms with van der Waals surface area (Å²) in [4.78, 5) is 14.3. The number of rotatable bonds is 8. The second-order valence-electron chi connectivity index (χ2n) is 6.35. The number of ether oxygens (including phenoxy) is 2. The number of amides is 1. The third-order valence-corrected chi connectivity index (χ3v) is 4.41. The molecular weight excluding hydrogens is 314 g/mol. The molecule has 1 amide bonds. The first-order valence-electron chi connectivity index (χ1n) is 8.86. The van der Waals surface area contributed by atoms with Gasteiger partial charge < -0.3 is 14.4 Å². The molecule has 0 spiro atoms. The van der Waals surface area contributed by atoms with Crippen LogP contribution >= 0.6 is 0 Å². The molecule has 0 unspecified atom stereocenters. The zero-order valence-electron chi connectivity index (χ0n) is 14.5. The Labute approximate surface area is 149 Å². The first kappa shape index (κ1) is 17.6. The zero-order valence-corrected chi connectivity index (χ0v) is 14.5. The summed E-state index contributed by atoms with van der Waals surface area (Å²) in [5.74, 6) is 0.154. The van der Waals surface area contributed by atoms with Crippen LogP contribution in [-0.2, 0) is 27.3 Å². The minimum absolute atomic E-state index is 0.139. The van der Waals surface area contributed by atoms with Crippen molar-refractivity contribution in [2.24, 2.45) is 0 Å². The van der Waals surface area contributed by atoms with E-state index >= 15 is 0 Å². The highest BCUT2D eigenvalue weighted by atomic mass is 16.5. The van der Waals surface area contributed by atoms with Crippen LogP contribution in [0.5, 0.6) is 0 Å². The lowest BCUT2D eigenvalue weighted by Crippen LogP contribution is -2.38. The summed E-state index contributed by atoms with van der Waals surface area (Å²) in [7, 11) is 0. The number of carbonyl (C=O) groups is 1. The molecule has 1 saturated heterocycles. The molecule has 4 heteroatoms. The molecule has 0 radical (unpaired) electrons. The second kappa shape index (κ2) is 9.35. The van der Waals surface area contributed by atoms with Crippen LogP contribution in [0.25, 0.3) is 0 Å². The summed E-state index contributed by atoms with van der Waals surface area (Å²) in [6, 6.07) is 20.5. The van der Waals surface area contributed by atoms with E-state index in [1.54, 1.807) is 0 Å². The predicted octanol–water partition coefficient (Wildman–Crippen LogP) is 3.41. The molecule has 3 rings (SSSR count). The Morgan fingerprint density at radius 2 is 1.72 bits per heavy atom. The largest absolute Gasteiger partial charge is 0.377 e. The first-order chi connectivity index (χ1) is 12.3. The van der Waals surface area contributed by atoms with E-state index in [0.717, 1.165) is 18.4 Å². The topological polar surface area (TPSA) is 38.8 Å². The lowest BCUT2D eigenvalue weighted by Gasteiger charge is -2.22. The van der Waals surface area contributed by atoms with Crippen molar-refractivity contribution in [3.63, 3.8) is 0 Å². The van der Waals surface area contributed by atoms with Crippen LogP contribution in [0.15, 0.2) is 60.7 Å². The van der Waals surface area contributed by atoms with Crippen LogP contribution in [0.2, 0.25) is 0 Å². The van der Waals surface area contributed by atoms with Crippen LogP contribution in [0.4, 0.5) is 0 Å². The molecule has 132 valence electrons. The van der Waals surface area contributed by atoms with Crippen molar-refractivity contribution >= 4 is 5.91 Å². The summed E-state index contributed by atoms with van der Waals surface area (Å²) in [6.07, 6.45) is 2.08. The Balaban J connectivity index is 1.38. The Bertz CT molecular complexity index is 645. The molecule has 1 atom stereocenters. The van der Waals surface area contributed by atoms with Gasteiger partial charge in [-0.15, -0.1) is 0 Å². The Kier molecular flexibility index (Phi) is 6.60. The fourth-order valence-corrected chi connectivity index (χ4v) is 3.05. The van der Waals surface area contributed by atoms with E-state index in [1.165, 1.54) is 5.56 Å². The average Bonchev–Trinajstić information content (AvgIpc) is 3.11. The van der Waals surface area contributed by atoms with Gasteiger partial charge in [0.25, 0.3) is 0 Å². The number of benzene rings is 2. The van der Waals surface area contributed by atoms with Crippen molar-refractivity contribution in [1.82, 2.24) is 4.90 Å². The molecule has 4 nitrogen and oxygen atoms in total. The van der Waals surface area contributed by atoms with E-state index in [4.69, 9.17) is 9.47 Å². The molecule has 0 aliphatic carbocycles. The van der Waals surface area contributed by atoms with Gasteiger partial charge in [0.15, 0.2) is 0 Å². The molecule has 0 bridgehead atoms. The minimum atomic E-state index is 0.139. The zero-order chi connectivity index (χ0) is 17.3. The van der Waals surface area contributed by atoms with Gasteiger partial charge in [-0.1, -0.05) is 60.7 Å². The van der Waals surface area contributed by atoms with Crippen LogP contribution in [0, 0.1) is 0 Å². The summed E-state index contributed by atoms with van der Waals surface area (Å²) in [5, 5.41) is 0. The van der Waals surface area contributed by atoms with E-state index in [0.29, 0.717) is 33.0 Å². The SMILES string of the molecule is O=C(CCCOCc1ccccc1)N1COC[C@@H]1Cc1ccccc1. The summed E-state index contributed by atoms with van der Waals surface area (Å²) in [5.41, 5.74) is 2.40. The molecule has 2 aromatic carbocycles. The van der Waals surface area contributed by atoms with Gasteiger partial charge in [-0.25, -0.2) is 0 Å². The maximum atomic E-state index is 12.5. The number of nitrogens with zero attached hydrogens (tertiary/aromatic N) is 1. The highest BCUT2D eigenvalue weighted by molar-refractivity contribution is 5.76. The van der Waals surface area contributed by atoms with E-state index in [9.17, 15) is 4.79 Å². The van der Waals surface area contributed by atoms with E-state index in [2.05, 4.69) is 12.1 Å². The van der Waals surface area contributed by atoms with Crippen LogP contribution < -0.4 is 0 Å². The van der Waals surface area contributed by atoms with Crippen molar-refractivity contribution in [2.45, 2.75) is 31.9 Å². The third kappa shape index (κ3) is 5.41. The van der Waals surface area contributed by atoms with Crippen molar-refractivity contribution in [3.05, 3.63) is 71.8 Å². The molecule has 1 fully saturated rings. The van der Waals surface area contributed by atoms with Gasteiger partial charge in [-0.3, -0.25) is 4.79 Å². The van der Waals surface area contributed by atoms with Crippen molar-refractivity contribution in [2.75, 3.05) is 19.9 Å².